The lowest BCUT2D eigenvalue weighted by Crippen LogP contribution is -2.50. The average Bonchev–Trinajstić information content (AvgIpc) is 2.94. The second-order valence-electron chi connectivity index (χ2n) is 9.49. The maximum Gasteiger partial charge on any atom is 0.247 e. The molecule has 0 bridgehead atoms. The van der Waals surface area contributed by atoms with Crippen molar-refractivity contribution in [2.75, 3.05) is 26.7 Å². The number of aromatic nitrogens is 1. The monoisotopic (exact) mass is 569 g/mol. The van der Waals surface area contributed by atoms with Crippen molar-refractivity contribution in [1.29, 1.82) is 0 Å². The molecule has 0 saturated heterocycles. The van der Waals surface area contributed by atoms with Gasteiger partial charge in [-0.05, 0) is 49.4 Å². The first-order valence-electron chi connectivity index (χ1n) is 12.4. The molecule has 0 saturated carbocycles. The predicted molar refractivity (Wildman–Crippen MR) is 147 cm³/mol. The van der Waals surface area contributed by atoms with E-state index in [1.165, 1.54) is 33.9 Å². The summed E-state index contributed by atoms with van der Waals surface area (Å²) in [5, 5.41) is 9.83. The molecule has 0 fully saturated rings. The molecule has 9 nitrogen and oxygen atoms in total. The van der Waals surface area contributed by atoms with Gasteiger partial charge in [0.05, 0.1) is 18.0 Å². The van der Waals surface area contributed by atoms with Gasteiger partial charge in [-0.25, -0.2) is 16.8 Å². The number of hydrogen-bond donors (Lipinski definition) is 1. The van der Waals surface area contributed by atoms with Crippen molar-refractivity contribution in [1.82, 2.24) is 13.6 Å². The smallest absolute Gasteiger partial charge is 0.247 e. The van der Waals surface area contributed by atoms with E-state index < -0.39 is 38.1 Å². The van der Waals surface area contributed by atoms with Gasteiger partial charge < -0.3 is 9.84 Å². The molecule has 0 aliphatic carbocycles. The molecular formula is C28H31N3O6S2. The van der Waals surface area contributed by atoms with E-state index in [-0.39, 0.29) is 35.2 Å². The number of aliphatic hydroxyl groups is 1. The van der Waals surface area contributed by atoms with Crippen molar-refractivity contribution in [3.05, 3.63) is 84.2 Å². The third-order valence-electron chi connectivity index (χ3n) is 6.59. The van der Waals surface area contributed by atoms with Gasteiger partial charge in [-0.2, -0.15) is 8.61 Å². The molecule has 0 spiro atoms. The summed E-state index contributed by atoms with van der Waals surface area (Å²) in [5.41, 5.74) is 1.27. The summed E-state index contributed by atoms with van der Waals surface area (Å²) >= 11 is 0. The zero-order chi connectivity index (χ0) is 28.2. The molecule has 4 rings (SSSR count). The summed E-state index contributed by atoms with van der Waals surface area (Å²) in [5.74, 6) is 5.70. The highest BCUT2D eigenvalue weighted by atomic mass is 32.2. The first kappa shape index (κ1) is 28.7. The largest absolute Gasteiger partial charge is 0.487 e. The Morgan fingerprint density at radius 3 is 2.44 bits per heavy atom. The van der Waals surface area contributed by atoms with Gasteiger partial charge >= 0.3 is 0 Å². The minimum atomic E-state index is -4.03. The van der Waals surface area contributed by atoms with E-state index in [0.29, 0.717) is 5.56 Å². The van der Waals surface area contributed by atoms with Crippen LogP contribution in [0, 0.1) is 17.8 Å². The normalized spacial score (nSPS) is 20.0. The molecular weight excluding hydrogens is 538 g/mol. The molecule has 0 unspecified atom stereocenters. The van der Waals surface area contributed by atoms with E-state index in [1.807, 2.05) is 0 Å². The fourth-order valence-electron chi connectivity index (χ4n) is 4.22. The summed E-state index contributed by atoms with van der Waals surface area (Å²) in [6.45, 7) is 3.08. The van der Waals surface area contributed by atoms with E-state index in [4.69, 9.17) is 4.74 Å². The van der Waals surface area contributed by atoms with Crippen molar-refractivity contribution in [2.24, 2.45) is 5.92 Å². The van der Waals surface area contributed by atoms with Crippen molar-refractivity contribution in [2.45, 2.75) is 35.8 Å². The summed E-state index contributed by atoms with van der Waals surface area (Å²) in [4.78, 5) is 4.06. The van der Waals surface area contributed by atoms with Crippen molar-refractivity contribution in [3.63, 3.8) is 0 Å². The topological polar surface area (TPSA) is 117 Å². The Bertz CT molecular complexity index is 1570. The Balaban J connectivity index is 1.75. The zero-order valence-electron chi connectivity index (χ0n) is 21.9. The molecule has 0 radical (unpaired) electrons. The number of pyridine rings is 1. The van der Waals surface area contributed by atoms with Crippen LogP contribution >= 0.6 is 0 Å². The maximum atomic E-state index is 13.7. The molecule has 39 heavy (non-hydrogen) atoms. The first-order chi connectivity index (χ1) is 18.5. The quantitative estimate of drug-likeness (QED) is 0.454. The van der Waals surface area contributed by atoms with Crippen LogP contribution in [0.3, 0.4) is 0 Å². The molecule has 0 amide bonds. The lowest BCUT2D eigenvalue weighted by Gasteiger charge is -2.37. The van der Waals surface area contributed by atoms with Gasteiger partial charge in [-0.1, -0.05) is 37.0 Å². The standard InChI is InChI=1S/C28H31N3O6S2/c1-21-18-31(22(2)20-32)39(35,36)28-12-11-24(10-9-23-13-15-29-16-14-23)17-26(28)37-27(21)19-30(3)38(33,34)25-7-5-4-6-8-25/h4-8,11-17,21-22,27,32H,18-20H2,1-3H3/t21-,22-,27+/m0/s1. The highest BCUT2D eigenvalue weighted by molar-refractivity contribution is 7.89. The zero-order valence-corrected chi connectivity index (χ0v) is 23.6. The second kappa shape index (κ2) is 11.9. The molecule has 1 N–H and O–H groups in total. The van der Waals surface area contributed by atoms with E-state index in [2.05, 4.69) is 16.8 Å². The van der Waals surface area contributed by atoms with Gasteiger partial charge in [0, 0.05) is 49.1 Å². The van der Waals surface area contributed by atoms with Crippen molar-refractivity contribution >= 4 is 20.0 Å². The number of aliphatic hydroxyl groups excluding tert-OH is 1. The number of sulfonamides is 2. The minimum Gasteiger partial charge on any atom is -0.487 e. The van der Waals surface area contributed by atoms with Crippen LogP contribution < -0.4 is 4.74 Å². The third kappa shape index (κ3) is 6.32. The summed E-state index contributed by atoms with van der Waals surface area (Å²) < 4.78 is 62.5. The summed E-state index contributed by atoms with van der Waals surface area (Å²) in [6.07, 6.45) is 2.56. The maximum absolute atomic E-state index is 13.7. The number of likely N-dealkylation sites (N-methyl/N-ethyl adjacent to an activating group) is 1. The van der Waals surface area contributed by atoms with Gasteiger partial charge in [0.1, 0.15) is 16.7 Å². The van der Waals surface area contributed by atoms with Crippen molar-refractivity contribution in [3.8, 4) is 17.6 Å². The van der Waals surface area contributed by atoms with Gasteiger partial charge in [-0.3, -0.25) is 4.98 Å². The van der Waals surface area contributed by atoms with Gasteiger partial charge in [0.2, 0.25) is 20.0 Å². The number of benzene rings is 2. The Hall–Kier alpha value is -3.27. The highest BCUT2D eigenvalue weighted by Gasteiger charge is 2.39. The Morgan fingerprint density at radius 2 is 1.77 bits per heavy atom. The van der Waals surface area contributed by atoms with Crippen LogP contribution in [0.1, 0.15) is 25.0 Å². The molecule has 1 aromatic heterocycles. The molecule has 2 heterocycles. The lowest BCUT2D eigenvalue weighted by molar-refractivity contribution is 0.0904. The van der Waals surface area contributed by atoms with Gasteiger partial charge in [0.25, 0.3) is 0 Å². The molecule has 11 heteroatoms. The Kier molecular flexibility index (Phi) is 8.73. The van der Waals surface area contributed by atoms with Crippen LogP contribution in [0.25, 0.3) is 0 Å². The minimum absolute atomic E-state index is 0.0217. The van der Waals surface area contributed by atoms with Crippen LogP contribution in [0.5, 0.6) is 5.75 Å². The van der Waals surface area contributed by atoms with Crippen LogP contribution in [-0.4, -0.2) is 74.4 Å². The van der Waals surface area contributed by atoms with E-state index in [9.17, 15) is 21.9 Å². The average molecular weight is 570 g/mol. The van der Waals surface area contributed by atoms with Crippen molar-refractivity contribution < 1.29 is 26.7 Å². The second-order valence-corrected chi connectivity index (χ2v) is 13.4. The third-order valence-corrected chi connectivity index (χ3v) is 10.4. The number of rotatable bonds is 6. The van der Waals surface area contributed by atoms with Gasteiger partial charge in [-0.15, -0.1) is 0 Å². The molecule has 3 atom stereocenters. The summed E-state index contributed by atoms with van der Waals surface area (Å²) in [7, 11) is -6.37. The molecule has 1 aliphatic rings. The number of ether oxygens (including phenoxy) is 1. The molecule has 1 aliphatic heterocycles. The van der Waals surface area contributed by atoms with Crippen LogP contribution in [0.4, 0.5) is 0 Å². The van der Waals surface area contributed by atoms with Crippen LogP contribution in [0.2, 0.25) is 0 Å². The Labute approximate surface area is 230 Å². The van der Waals surface area contributed by atoms with Crippen LogP contribution in [0.15, 0.2) is 82.8 Å². The SMILES string of the molecule is C[C@H]1CN([C@@H](C)CO)S(=O)(=O)c2ccc(C#Cc3ccncc3)cc2O[C@@H]1CN(C)S(=O)(=O)c1ccccc1. The van der Waals surface area contributed by atoms with E-state index >= 15 is 0 Å². The highest BCUT2D eigenvalue weighted by Crippen LogP contribution is 2.34. The molecule has 3 aromatic rings. The number of fused-ring (bicyclic) bond motifs is 1. The van der Waals surface area contributed by atoms with Gasteiger partial charge in [0.15, 0.2) is 0 Å². The Morgan fingerprint density at radius 1 is 1.10 bits per heavy atom. The van der Waals surface area contributed by atoms with E-state index in [0.717, 1.165) is 5.56 Å². The predicted octanol–water partition coefficient (Wildman–Crippen LogP) is 2.57. The number of nitrogens with zero attached hydrogens (tertiary/aromatic N) is 3. The van der Waals surface area contributed by atoms with Crippen LogP contribution in [-0.2, 0) is 20.0 Å². The fraction of sp³-hybridized carbons (Fsp3) is 0.321. The summed E-state index contributed by atoms with van der Waals surface area (Å²) in [6, 6.07) is 15.5. The van der Waals surface area contributed by atoms with E-state index in [1.54, 1.807) is 68.7 Å². The lowest BCUT2D eigenvalue weighted by atomic mass is 10.0. The number of hydrogen-bond acceptors (Lipinski definition) is 7. The molecule has 2 aromatic carbocycles. The fourth-order valence-corrected chi connectivity index (χ4v) is 7.25. The first-order valence-corrected chi connectivity index (χ1v) is 15.3. The molecule has 206 valence electrons.